The lowest BCUT2D eigenvalue weighted by Gasteiger charge is -2.14. The number of amides is 1. The summed E-state index contributed by atoms with van der Waals surface area (Å²) in [6.45, 7) is 5.68. The van der Waals surface area contributed by atoms with E-state index in [-0.39, 0.29) is 18.3 Å². The van der Waals surface area contributed by atoms with Gasteiger partial charge in [-0.25, -0.2) is 0 Å². The topological polar surface area (TPSA) is 89.6 Å². The Hall–Kier alpha value is -2.91. The molecule has 26 heavy (non-hydrogen) atoms. The van der Waals surface area contributed by atoms with E-state index in [0.717, 1.165) is 0 Å². The van der Waals surface area contributed by atoms with E-state index in [1.54, 1.807) is 0 Å². The van der Waals surface area contributed by atoms with Crippen molar-refractivity contribution in [2.45, 2.75) is 32.5 Å². The average molecular weight is 370 g/mol. The minimum atomic E-state index is -4.71. The lowest BCUT2D eigenvalue weighted by atomic mass is 10.1. The maximum Gasteiger partial charge on any atom is 0.471 e. The second kappa shape index (κ2) is 7.54. The Morgan fingerprint density at radius 1 is 1.27 bits per heavy atom. The predicted octanol–water partition coefficient (Wildman–Crippen LogP) is 3.29. The van der Waals surface area contributed by atoms with Crippen molar-refractivity contribution in [2.75, 3.05) is 6.54 Å². The van der Waals surface area contributed by atoms with Gasteiger partial charge in [0.25, 0.3) is 5.91 Å². The molecule has 2 aromatic rings. The Balaban J connectivity index is 1.94. The zero-order chi connectivity index (χ0) is 19.4. The number of hydrogen-bond donors (Lipinski definition) is 1. The molecule has 0 radical (unpaired) electrons. The second-order valence-corrected chi connectivity index (χ2v) is 6.20. The molecule has 0 atom stereocenters. The minimum Gasteiger partial charge on any atom is -0.390 e. The minimum absolute atomic E-state index is 0.163. The molecule has 0 bridgehead atoms. The van der Waals surface area contributed by atoms with Crippen LogP contribution in [0.3, 0.4) is 0 Å². The van der Waals surface area contributed by atoms with Gasteiger partial charge in [-0.3, -0.25) is 4.79 Å². The van der Waals surface area contributed by atoms with Crippen LogP contribution in [-0.4, -0.2) is 34.4 Å². The van der Waals surface area contributed by atoms with Crippen molar-refractivity contribution in [3.05, 3.63) is 35.7 Å². The molecule has 1 aromatic carbocycles. The third-order valence-corrected chi connectivity index (χ3v) is 2.83. The van der Waals surface area contributed by atoms with Crippen LogP contribution in [0, 0.1) is 0 Å². The Kier molecular flexibility index (Phi) is 5.63. The van der Waals surface area contributed by atoms with Crippen LogP contribution in [0.2, 0.25) is 0 Å². The summed E-state index contributed by atoms with van der Waals surface area (Å²) in [5.74, 6) is -2.01. The van der Waals surface area contributed by atoms with E-state index in [9.17, 15) is 18.0 Å². The molecule has 0 aliphatic rings. The van der Waals surface area contributed by atoms with Crippen LogP contribution in [-0.2, 0) is 11.0 Å². The molecule has 0 saturated heterocycles. The third kappa shape index (κ3) is 5.57. The highest BCUT2D eigenvalue weighted by Crippen LogP contribution is 2.29. The lowest BCUT2D eigenvalue weighted by molar-refractivity contribution is -0.159. The number of halogens is 3. The Morgan fingerprint density at radius 3 is 2.46 bits per heavy atom. The van der Waals surface area contributed by atoms with Gasteiger partial charge in [-0.15, -0.1) is 0 Å². The number of oxime groups is 1. The van der Waals surface area contributed by atoms with Crippen molar-refractivity contribution in [3.63, 3.8) is 0 Å². The average Bonchev–Trinajstić information content (AvgIpc) is 3.03. The molecule has 0 spiro atoms. The first kappa shape index (κ1) is 19.4. The molecule has 2 rings (SSSR count). The molecule has 7 nitrogen and oxygen atoms in total. The van der Waals surface area contributed by atoms with Gasteiger partial charge in [0.15, 0.2) is 0 Å². The van der Waals surface area contributed by atoms with Gasteiger partial charge in [-0.1, -0.05) is 22.4 Å². The Morgan fingerprint density at radius 2 is 1.92 bits per heavy atom. The summed E-state index contributed by atoms with van der Waals surface area (Å²) in [5.41, 5.74) is 0.191. The normalized spacial score (nSPS) is 12.4. The van der Waals surface area contributed by atoms with Crippen LogP contribution in [0.1, 0.15) is 37.0 Å². The quantitative estimate of drug-likeness (QED) is 0.644. The van der Waals surface area contributed by atoms with Crippen LogP contribution in [0.25, 0.3) is 11.4 Å². The fourth-order valence-corrected chi connectivity index (χ4v) is 1.70. The van der Waals surface area contributed by atoms with Gasteiger partial charge in [0, 0.05) is 11.1 Å². The maximum absolute atomic E-state index is 12.5. The number of nitrogens with zero attached hydrogens (tertiary/aromatic N) is 3. The van der Waals surface area contributed by atoms with Crippen molar-refractivity contribution in [2.24, 2.45) is 5.16 Å². The Labute approximate surface area is 147 Å². The van der Waals surface area contributed by atoms with Gasteiger partial charge in [0.1, 0.15) is 5.60 Å². The summed E-state index contributed by atoms with van der Waals surface area (Å²) in [7, 11) is 0. The summed E-state index contributed by atoms with van der Waals surface area (Å²) in [6, 6.07) is 5.74. The monoisotopic (exact) mass is 370 g/mol. The molecule has 0 unspecified atom stereocenters. The van der Waals surface area contributed by atoms with E-state index in [4.69, 9.17) is 4.84 Å². The van der Waals surface area contributed by atoms with Crippen molar-refractivity contribution >= 4 is 12.1 Å². The lowest BCUT2D eigenvalue weighted by Crippen LogP contribution is -2.25. The number of benzene rings is 1. The van der Waals surface area contributed by atoms with Gasteiger partial charge < -0.3 is 14.7 Å². The van der Waals surface area contributed by atoms with Crippen molar-refractivity contribution in [3.8, 4) is 11.4 Å². The number of carbonyl (C=O) groups excluding carboxylic acids is 1. The van der Waals surface area contributed by atoms with Gasteiger partial charge in [0.2, 0.25) is 5.82 Å². The molecular weight excluding hydrogens is 353 g/mol. The van der Waals surface area contributed by atoms with E-state index in [1.807, 2.05) is 20.8 Å². The van der Waals surface area contributed by atoms with E-state index in [1.165, 1.54) is 30.5 Å². The number of alkyl halides is 3. The molecule has 0 fully saturated rings. The third-order valence-electron chi connectivity index (χ3n) is 2.83. The van der Waals surface area contributed by atoms with Crippen LogP contribution in [0.4, 0.5) is 13.2 Å². The highest BCUT2D eigenvalue weighted by Gasteiger charge is 2.38. The number of carbonyl (C=O) groups is 1. The summed E-state index contributed by atoms with van der Waals surface area (Å²) in [5, 5.41) is 9.61. The van der Waals surface area contributed by atoms with E-state index < -0.39 is 17.7 Å². The highest BCUT2D eigenvalue weighted by molar-refractivity contribution is 5.95. The molecule has 0 aliphatic carbocycles. The molecule has 0 saturated carbocycles. The number of aromatic nitrogens is 2. The summed E-state index contributed by atoms with van der Waals surface area (Å²) in [4.78, 5) is 20.4. The zero-order valence-corrected chi connectivity index (χ0v) is 14.3. The summed E-state index contributed by atoms with van der Waals surface area (Å²) < 4.78 is 41.5. The van der Waals surface area contributed by atoms with Crippen LogP contribution in [0.15, 0.2) is 33.9 Å². The molecule has 1 amide bonds. The standard InChI is InChI=1S/C16H17F3N4O3/c1-15(2,3)26-21-9-8-20-13(24)11-6-4-10(5-7-11)12-22-14(25-23-12)16(17,18)19/h4-7,9H,8H2,1-3H3,(H,20,24). The first-order chi connectivity index (χ1) is 12.1. The zero-order valence-electron chi connectivity index (χ0n) is 14.3. The molecular formula is C16H17F3N4O3. The van der Waals surface area contributed by atoms with Gasteiger partial charge in [-0.2, -0.15) is 18.2 Å². The summed E-state index contributed by atoms with van der Waals surface area (Å²) >= 11 is 0. The fraction of sp³-hybridized carbons (Fsp3) is 0.375. The predicted molar refractivity (Wildman–Crippen MR) is 86.4 cm³/mol. The molecule has 1 N–H and O–H groups in total. The van der Waals surface area contributed by atoms with Crippen LogP contribution >= 0.6 is 0 Å². The molecule has 0 aliphatic heterocycles. The SMILES string of the molecule is CC(C)(C)ON=CCNC(=O)c1ccc(-c2noc(C(F)(F)F)n2)cc1. The van der Waals surface area contributed by atoms with Crippen LogP contribution < -0.4 is 5.32 Å². The number of hydrogen-bond acceptors (Lipinski definition) is 6. The van der Waals surface area contributed by atoms with Gasteiger partial charge in [-0.05, 0) is 32.9 Å². The number of nitrogens with one attached hydrogen (secondary N) is 1. The Bertz CT molecular complexity index is 777. The molecule has 10 heteroatoms. The first-order valence-electron chi connectivity index (χ1n) is 7.56. The fourth-order valence-electron chi connectivity index (χ4n) is 1.70. The first-order valence-corrected chi connectivity index (χ1v) is 7.56. The maximum atomic E-state index is 12.5. The second-order valence-electron chi connectivity index (χ2n) is 6.20. The number of rotatable bonds is 5. The van der Waals surface area contributed by atoms with Crippen molar-refractivity contribution in [1.29, 1.82) is 0 Å². The smallest absolute Gasteiger partial charge is 0.390 e. The molecule has 140 valence electrons. The molecule has 1 heterocycles. The van der Waals surface area contributed by atoms with E-state index in [2.05, 4.69) is 25.1 Å². The molecule has 1 aromatic heterocycles. The highest BCUT2D eigenvalue weighted by atomic mass is 19.4. The van der Waals surface area contributed by atoms with Crippen LogP contribution in [0.5, 0.6) is 0 Å². The largest absolute Gasteiger partial charge is 0.471 e. The van der Waals surface area contributed by atoms with E-state index >= 15 is 0 Å². The van der Waals surface area contributed by atoms with Gasteiger partial charge in [0.05, 0.1) is 12.8 Å². The van der Waals surface area contributed by atoms with Crippen molar-refractivity contribution in [1.82, 2.24) is 15.5 Å². The van der Waals surface area contributed by atoms with Crippen molar-refractivity contribution < 1.29 is 27.3 Å². The summed E-state index contributed by atoms with van der Waals surface area (Å²) in [6.07, 6.45) is -3.29. The van der Waals surface area contributed by atoms with E-state index in [0.29, 0.717) is 11.1 Å². The van der Waals surface area contributed by atoms with Gasteiger partial charge >= 0.3 is 12.1 Å².